The van der Waals surface area contributed by atoms with Crippen molar-refractivity contribution in [2.24, 2.45) is 5.41 Å². The minimum atomic E-state index is -1.94. The third kappa shape index (κ3) is 4.82. The van der Waals surface area contributed by atoms with Crippen LogP contribution < -0.4 is 4.50 Å². The quantitative estimate of drug-likeness (QED) is 0.302. The molecule has 0 spiro atoms. The van der Waals surface area contributed by atoms with Crippen molar-refractivity contribution in [2.75, 3.05) is 14.2 Å². The molecule has 4 nitrogen and oxygen atoms in total. The predicted molar refractivity (Wildman–Crippen MR) is 103 cm³/mol. The fourth-order valence-corrected chi connectivity index (χ4v) is 5.91. The van der Waals surface area contributed by atoms with Crippen molar-refractivity contribution in [3.05, 3.63) is 28.6 Å². The normalized spacial score (nSPS) is 11.2. The van der Waals surface area contributed by atoms with Crippen molar-refractivity contribution in [3.8, 4) is 11.5 Å². The van der Waals surface area contributed by atoms with Crippen LogP contribution in [0.25, 0.3) is 0 Å². The number of halogens is 1. The molecule has 7 heteroatoms. The number of esters is 2. The molecule has 0 fully saturated rings. The number of carbonyl (C=O) groups excluding carboxylic acids is 2. The van der Waals surface area contributed by atoms with E-state index >= 15 is 0 Å². The van der Waals surface area contributed by atoms with Gasteiger partial charge in [0.25, 0.3) is 0 Å². The Morgan fingerprint density at radius 1 is 1.33 bits per heavy atom. The number of rotatable bonds is 6. The molecule has 0 amide bonds. The van der Waals surface area contributed by atoms with Crippen LogP contribution >= 0.6 is 27.3 Å². The van der Waals surface area contributed by atoms with Gasteiger partial charge in [0, 0.05) is 17.3 Å². The second kappa shape index (κ2) is 8.65. The van der Waals surface area contributed by atoms with Gasteiger partial charge in [-0.1, -0.05) is 47.7 Å². The molecule has 0 aliphatic carbocycles. The van der Waals surface area contributed by atoms with Gasteiger partial charge >= 0.3 is 11.9 Å². The number of thiophene rings is 1. The highest BCUT2D eigenvalue weighted by molar-refractivity contribution is 9.11. The van der Waals surface area contributed by atoms with E-state index in [-0.39, 0.29) is 12.8 Å². The number of hydrogen-bond donors (Lipinski definition) is 0. The summed E-state index contributed by atoms with van der Waals surface area (Å²) in [6, 6.07) is 4.07. The molecule has 0 bridgehead atoms. The molecule has 0 radical (unpaired) electrons. The summed E-state index contributed by atoms with van der Waals surface area (Å²) in [5, 5.41) is 2.02. The first kappa shape index (κ1) is 20.7. The zero-order chi connectivity index (χ0) is 18.4. The molecule has 0 aliphatic heterocycles. The second-order valence-corrected chi connectivity index (χ2v) is 12.3. The van der Waals surface area contributed by atoms with Crippen LogP contribution in [-0.2, 0) is 19.1 Å². The topological polar surface area (TPSA) is 52.6 Å². The maximum atomic E-state index is 12.3. The molecule has 0 saturated heterocycles. The SMILES string of the molecule is C=C(Br)CC(CC#C[Si](C)(C)c1cccs1)(C(=O)OC)C(=O)OC. The first-order valence-electron chi connectivity index (χ1n) is 7.23. The van der Waals surface area contributed by atoms with E-state index in [2.05, 4.69) is 53.1 Å². The molecular formula is C17H21BrO4SSi. The molecule has 0 N–H and O–H groups in total. The van der Waals surface area contributed by atoms with Crippen LogP contribution in [0.15, 0.2) is 28.6 Å². The van der Waals surface area contributed by atoms with Gasteiger partial charge in [0.1, 0.15) is 0 Å². The van der Waals surface area contributed by atoms with E-state index in [0.29, 0.717) is 4.48 Å². The summed E-state index contributed by atoms with van der Waals surface area (Å²) in [7, 11) is 0.552. The van der Waals surface area contributed by atoms with E-state index in [4.69, 9.17) is 9.47 Å². The average molecular weight is 429 g/mol. The molecule has 0 saturated carbocycles. The molecule has 1 heterocycles. The molecule has 0 atom stereocenters. The number of allylic oxidation sites excluding steroid dienone is 1. The summed E-state index contributed by atoms with van der Waals surface area (Å²) < 4.78 is 11.4. The smallest absolute Gasteiger partial charge is 0.324 e. The lowest BCUT2D eigenvalue weighted by Crippen LogP contribution is -2.42. The second-order valence-electron chi connectivity index (χ2n) is 5.84. The van der Waals surface area contributed by atoms with Gasteiger partial charge < -0.3 is 9.47 Å². The number of ether oxygens (including phenoxy) is 2. The lowest BCUT2D eigenvalue weighted by molar-refractivity contribution is -0.168. The van der Waals surface area contributed by atoms with Gasteiger partial charge in [-0.3, -0.25) is 9.59 Å². The maximum Gasteiger partial charge on any atom is 0.324 e. The highest BCUT2D eigenvalue weighted by Crippen LogP contribution is 2.34. The van der Waals surface area contributed by atoms with Gasteiger partial charge in [-0.15, -0.1) is 11.5 Å². The van der Waals surface area contributed by atoms with Crippen LogP contribution in [0.2, 0.25) is 13.1 Å². The van der Waals surface area contributed by atoms with Crippen molar-refractivity contribution >= 4 is 51.8 Å². The zero-order valence-corrected chi connectivity index (χ0v) is 17.7. The third-order valence-corrected chi connectivity index (χ3v) is 8.62. The van der Waals surface area contributed by atoms with Gasteiger partial charge in [-0.2, -0.15) is 11.3 Å². The van der Waals surface area contributed by atoms with Crippen LogP contribution in [0.1, 0.15) is 12.8 Å². The average Bonchev–Trinajstić information content (AvgIpc) is 3.07. The molecule has 0 unspecified atom stereocenters. The van der Waals surface area contributed by atoms with Gasteiger partial charge in [0.15, 0.2) is 13.5 Å². The lowest BCUT2D eigenvalue weighted by atomic mass is 9.81. The zero-order valence-electron chi connectivity index (χ0n) is 14.3. The minimum absolute atomic E-state index is 0.0266. The molecule has 0 aromatic carbocycles. The molecule has 1 rings (SSSR count). The molecule has 1 aromatic rings. The van der Waals surface area contributed by atoms with E-state index in [1.165, 1.54) is 18.7 Å². The Hall–Kier alpha value is -1.36. The third-order valence-electron chi connectivity index (χ3n) is 3.57. The minimum Gasteiger partial charge on any atom is -0.468 e. The Kier molecular flexibility index (Phi) is 7.45. The highest BCUT2D eigenvalue weighted by Gasteiger charge is 2.48. The van der Waals surface area contributed by atoms with E-state index in [0.717, 1.165) is 0 Å². The maximum absolute atomic E-state index is 12.3. The van der Waals surface area contributed by atoms with E-state index in [1.807, 2.05) is 11.4 Å². The first-order valence-corrected chi connectivity index (χ1v) is 11.9. The fraction of sp³-hybridized carbons (Fsp3) is 0.412. The highest BCUT2D eigenvalue weighted by atomic mass is 79.9. The monoisotopic (exact) mass is 428 g/mol. The Morgan fingerprint density at radius 2 is 1.92 bits per heavy atom. The number of hydrogen-bond acceptors (Lipinski definition) is 5. The summed E-state index contributed by atoms with van der Waals surface area (Å²) in [6.07, 6.45) is 0.0980. The van der Waals surface area contributed by atoms with E-state index in [1.54, 1.807) is 11.3 Å². The summed E-state index contributed by atoms with van der Waals surface area (Å²) in [4.78, 5) is 24.6. The summed E-state index contributed by atoms with van der Waals surface area (Å²) >= 11 is 4.89. The van der Waals surface area contributed by atoms with Gasteiger partial charge in [-0.05, 0) is 9.86 Å². The van der Waals surface area contributed by atoms with Crippen molar-refractivity contribution in [2.45, 2.75) is 25.9 Å². The standard InChI is InChI=1S/C17H21BrO4SSi/c1-13(18)12-17(15(19)21-2,16(20)22-3)9-7-11-24(4,5)14-8-6-10-23-14/h6,8,10H,1,9,12H2,2-5H3. The Bertz CT molecular complexity index is 655. The molecule has 130 valence electrons. The molecule has 1 aromatic heterocycles. The van der Waals surface area contributed by atoms with Crippen molar-refractivity contribution < 1.29 is 19.1 Å². The molecular weight excluding hydrogens is 408 g/mol. The summed E-state index contributed by atoms with van der Waals surface area (Å²) in [6.45, 7) is 8.00. The van der Waals surface area contributed by atoms with Crippen molar-refractivity contribution in [1.29, 1.82) is 0 Å². The van der Waals surface area contributed by atoms with Crippen LogP contribution in [0.5, 0.6) is 0 Å². The molecule has 24 heavy (non-hydrogen) atoms. The number of carbonyl (C=O) groups is 2. The Balaban J connectivity index is 3.18. The predicted octanol–water partition coefficient (Wildman–Crippen LogP) is 3.23. The van der Waals surface area contributed by atoms with E-state index in [9.17, 15) is 9.59 Å². The van der Waals surface area contributed by atoms with Crippen LogP contribution in [0.3, 0.4) is 0 Å². The van der Waals surface area contributed by atoms with Crippen LogP contribution in [0, 0.1) is 16.9 Å². The Labute approximate surface area is 156 Å². The first-order chi connectivity index (χ1) is 11.2. The Morgan fingerprint density at radius 3 is 2.33 bits per heavy atom. The lowest BCUT2D eigenvalue weighted by Gasteiger charge is -2.26. The van der Waals surface area contributed by atoms with Crippen molar-refractivity contribution in [1.82, 2.24) is 0 Å². The largest absolute Gasteiger partial charge is 0.468 e. The van der Waals surface area contributed by atoms with Crippen molar-refractivity contribution in [3.63, 3.8) is 0 Å². The number of methoxy groups -OCH3 is 2. The summed E-state index contributed by atoms with van der Waals surface area (Å²) in [5.74, 6) is 1.71. The fourth-order valence-electron chi connectivity index (χ4n) is 2.26. The summed E-state index contributed by atoms with van der Waals surface area (Å²) in [5.41, 5.74) is 1.78. The van der Waals surface area contributed by atoms with Gasteiger partial charge in [0.05, 0.1) is 14.2 Å². The van der Waals surface area contributed by atoms with Crippen LogP contribution in [-0.4, -0.2) is 34.2 Å². The van der Waals surface area contributed by atoms with E-state index < -0.39 is 25.4 Å². The van der Waals surface area contributed by atoms with Gasteiger partial charge in [0.2, 0.25) is 0 Å². The molecule has 0 aliphatic rings. The van der Waals surface area contributed by atoms with Gasteiger partial charge in [-0.25, -0.2) is 0 Å². The van der Waals surface area contributed by atoms with Crippen LogP contribution in [0.4, 0.5) is 0 Å².